The van der Waals surface area contributed by atoms with E-state index in [-0.39, 0.29) is 11.9 Å². The molecular weight excluding hydrogens is 311 g/mol. The third kappa shape index (κ3) is 2.86. The molecule has 0 radical (unpaired) electrons. The second-order valence-corrected chi connectivity index (χ2v) is 6.64. The van der Waals surface area contributed by atoms with E-state index in [0.29, 0.717) is 5.69 Å². The maximum atomic E-state index is 14.0. The van der Waals surface area contributed by atoms with Crippen LogP contribution in [0, 0.1) is 5.82 Å². The Morgan fingerprint density at radius 3 is 3.04 bits per heavy atom. The van der Waals surface area contributed by atoms with Crippen molar-refractivity contribution in [3.05, 3.63) is 47.9 Å². The van der Waals surface area contributed by atoms with Crippen LogP contribution >= 0.6 is 11.3 Å². The summed E-state index contributed by atoms with van der Waals surface area (Å²) in [7, 11) is 0. The van der Waals surface area contributed by atoms with Crippen LogP contribution < -0.4 is 10.2 Å². The van der Waals surface area contributed by atoms with Crippen LogP contribution in [0.4, 0.5) is 15.9 Å². The van der Waals surface area contributed by atoms with Gasteiger partial charge in [-0.2, -0.15) is 0 Å². The molecule has 1 aromatic carbocycles. The molecule has 1 fully saturated rings. The van der Waals surface area contributed by atoms with E-state index >= 15 is 0 Å². The van der Waals surface area contributed by atoms with Gasteiger partial charge in [0.2, 0.25) is 0 Å². The van der Waals surface area contributed by atoms with Gasteiger partial charge in [0.15, 0.2) is 0 Å². The predicted octanol–water partition coefficient (Wildman–Crippen LogP) is 3.91. The Kier molecular flexibility index (Phi) is 3.83. The highest BCUT2D eigenvalue weighted by atomic mass is 32.1. The third-order valence-corrected chi connectivity index (χ3v) is 5.04. The molecule has 1 unspecified atom stereocenters. The molecule has 0 saturated carbocycles. The third-order valence-electron chi connectivity index (χ3n) is 4.22. The maximum Gasteiger partial charge on any atom is 0.146 e. The van der Waals surface area contributed by atoms with Crippen molar-refractivity contribution >= 4 is 33.1 Å². The number of thiophene rings is 1. The zero-order chi connectivity index (χ0) is 15.6. The number of anilines is 2. The SMILES string of the molecule is Fc1ccccc1N1CCCC(Nc2ncnc3sccc23)C1. The number of nitrogens with one attached hydrogen (secondary N) is 1. The van der Waals surface area contributed by atoms with E-state index in [1.54, 1.807) is 23.7 Å². The topological polar surface area (TPSA) is 41.0 Å². The summed E-state index contributed by atoms with van der Waals surface area (Å²) in [4.78, 5) is 11.8. The highest BCUT2D eigenvalue weighted by Gasteiger charge is 2.22. The summed E-state index contributed by atoms with van der Waals surface area (Å²) >= 11 is 1.61. The molecule has 3 aromatic rings. The zero-order valence-corrected chi connectivity index (χ0v) is 13.4. The van der Waals surface area contributed by atoms with Crippen molar-refractivity contribution in [3.63, 3.8) is 0 Å². The summed E-state index contributed by atoms with van der Waals surface area (Å²) in [6, 6.07) is 9.27. The molecule has 4 nitrogen and oxygen atoms in total. The summed E-state index contributed by atoms with van der Waals surface area (Å²) in [6.45, 7) is 1.66. The smallest absolute Gasteiger partial charge is 0.146 e. The van der Waals surface area contributed by atoms with Crippen LogP contribution in [-0.2, 0) is 0 Å². The maximum absolute atomic E-state index is 14.0. The fourth-order valence-electron chi connectivity index (χ4n) is 3.12. The lowest BCUT2D eigenvalue weighted by Crippen LogP contribution is -2.42. The lowest BCUT2D eigenvalue weighted by molar-refractivity contribution is 0.518. The van der Waals surface area contributed by atoms with E-state index in [1.807, 2.05) is 23.6 Å². The van der Waals surface area contributed by atoms with Gasteiger partial charge in [0.05, 0.1) is 11.1 Å². The number of halogens is 1. The molecule has 1 aliphatic heterocycles. The Morgan fingerprint density at radius 1 is 1.22 bits per heavy atom. The van der Waals surface area contributed by atoms with Crippen molar-refractivity contribution in [3.8, 4) is 0 Å². The van der Waals surface area contributed by atoms with Crippen molar-refractivity contribution in [1.29, 1.82) is 0 Å². The van der Waals surface area contributed by atoms with Crippen LogP contribution in [0.25, 0.3) is 10.2 Å². The highest BCUT2D eigenvalue weighted by Crippen LogP contribution is 2.27. The lowest BCUT2D eigenvalue weighted by Gasteiger charge is -2.35. The molecule has 1 aliphatic rings. The van der Waals surface area contributed by atoms with Crippen LogP contribution in [0.5, 0.6) is 0 Å². The molecule has 2 aromatic heterocycles. The quantitative estimate of drug-likeness (QED) is 0.791. The minimum absolute atomic E-state index is 0.157. The van der Waals surface area contributed by atoms with Crippen molar-refractivity contribution in [2.75, 3.05) is 23.3 Å². The first-order chi connectivity index (χ1) is 11.3. The Labute approximate surface area is 138 Å². The summed E-state index contributed by atoms with van der Waals surface area (Å²) in [5.74, 6) is 0.715. The molecule has 4 rings (SSSR count). The lowest BCUT2D eigenvalue weighted by atomic mass is 10.0. The van der Waals surface area contributed by atoms with Gasteiger partial charge in [0.25, 0.3) is 0 Å². The number of hydrogen-bond acceptors (Lipinski definition) is 5. The standard InChI is InChI=1S/C17H17FN4S/c18-14-5-1-2-6-15(14)22-8-3-4-12(10-22)21-16-13-7-9-23-17(13)20-11-19-16/h1-2,5-7,9,11-12H,3-4,8,10H2,(H,19,20,21). The fourth-order valence-corrected chi connectivity index (χ4v) is 3.85. The number of rotatable bonds is 3. The van der Waals surface area contributed by atoms with Crippen molar-refractivity contribution in [2.24, 2.45) is 0 Å². The molecule has 3 heterocycles. The number of aromatic nitrogens is 2. The Hall–Kier alpha value is -2.21. The van der Waals surface area contributed by atoms with Gasteiger partial charge in [-0.3, -0.25) is 0 Å². The van der Waals surface area contributed by atoms with Gasteiger partial charge in [0, 0.05) is 19.1 Å². The Balaban J connectivity index is 1.54. The van der Waals surface area contributed by atoms with Crippen LogP contribution in [0.3, 0.4) is 0 Å². The van der Waals surface area contributed by atoms with Gasteiger partial charge < -0.3 is 10.2 Å². The van der Waals surface area contributed by atoms with Crippen molar-refractivity contribution < 1.29 is 4.39 Å². The first kappa shape index (κ1) is 14.4. The van der Waals surface area contributed by atoms with Crippen molar-refractivity contribution in [2.45, 2.75) is 18.9 Å². The molecule has 1 saturated heterocycles. The predicted molar refractivity (Wildman–Crippen MR) is 92.7 cm³/mol. The number of para-hydroxylation sites is 1. The monoisotopic (exact) mass is 328 g/mol. The van der Waals surface area contributed by atoms with Gasteiger partial charge in [-0.05, 0) is 36.4 Å². The van der Waals surface area contributed by atoms with E-state index in [4.69, 9.17) is 0 Å². The van der Waals surface area contributed by atoms with E-state index in [9.17, 15) is 4.39 Å². The largest absolute Gasteiger partial charge is 0.367 e. The summed E-state index contributed by atoms with van der Waals surface area (Å²) in [6.07, 6.45) is 3.68. The van der Waals surface area contributed by atoms with Crippen molar-refractivity contribution in [1.82, 2.24) is 9.97 Å². The van der Waals surface area contributed by atoms with Gasteiger partial charge >= 0.3 is 0 Å². The van der Waals surface area contributed by atoms with Crippen LogP contribution in [0.2, 0.25) is 0 Å². The molecule has 23 heavy (non-hydrogen) atoms. The van der Waals surface area contributed by atoms with E-state index in [1.165, 1.54) is 6.07 Å². The molecule has 0 amide bonds. The number of piperidine rings is 1. The molecule has 1 atom stereocenters. The van der Waals surface area contributed by atoms with Crippen LogP contribution in [0.1, 0.15) is 12.8 Å². The minimum Gasteiger partial charge on any atom is -0.367 e. The van der Waals surface area contributed by atoms with Crippen LogP contribution in [-0.4, -0.2) is 29.1 Å². The molecule has 0 spiro atoms. The number of nitrogens with zero attached hydrogens (tertiary/aromatic N) is 3. The van der Waals surface area contributed by atoms with E-state index < -0.39 is 0 Å². The van der Waals surface area contributed by atoms with Crippen LogP contribution in [0.15, 0.2) is 42.0 Å². The molecule has 0 aliphatic carbocycles. The number of benzene rings is 1. The van der Waals surface area contributed by atoms with E-state index in [2.05, 4.69) is 20.2 Å². The second-order valence-electron chi connectivity index (χ2n) is 5.74. The molecule has 6 heteroatoms. The number of fused-ring (bicyclic) bond motifs is 1. The van der Waals surface area contributed by atoms with Gasteiger partial charge in [-0.15, -0.1) is 11.3 Å². The highest BCUT2D eigenvalue weighted by molar-refractivity contribution is 7.16. The molecule has 118 valence electrons. The molecule has 1 N–H and O–H groups in total. The number of hydrogen-bond donors (Lipinski definition) is 1. The Bertz CT molecular complexity index is 819. The first-order valence-electron chi connectivity index (χ1n) is 7.75. The summed E-state index contributed by atoms with van der Waals surface area (Å²) in [5.41, 5.74) is 0.683. The fraction of sp³-hybridized carbons (Fsp3) is 0.294. The average molecular weight is 328 g/mol. The van der Waals surface area contributed by atoms with E-state index in [0.717, 1.165) is 42.0 Å². The average Bonchev–Trinajstić information content (AvgIpc) is 3.05. The second kappa shape index (κ2) is 6.12. The minimum atomic E-state index is -0.157. The molecule has 0 bridgehead atoms. The van der Waals surface area contributed by atoms with Gasteiger partial charge in [-0.25, -0.2) is 14.4 Å². The normalized spacial score (nSPS) is 18.3. The van der Waals surface area contributed by atoms with Gasteiger partial charge in [-0.1, -0.05) is 12.1 Å². The molecular formula is C17H17FN4S. The van der Waals surface area contributed by atoms with Gasteiger partial charge in [0.1, 0.15) is 22.8 Å². The first-order valence-corrected chi connectivity index (χ1v) is 8.63. The zero-order valence-electron chi connectivity index (χ0n) is 12.6. The summed E-state index contributed by atoms with van der Waals surface area (Å²) < 4.78 is 14.0. The summed E-state index contributed by atoms with van der Waals surface area (Å²) in [5, 5.41) is 6.60. The Morgan fingerprint density at radius 2 is 2.13 bits per heavy atom.